The molecule has 1 saturated heterocycles. The largest absolute Gasteiger partial charge is 0.368 e. The molecule has 0 unspecified atom stereocenters. The zero-order valence-corrected chi connectivity index (χ0v) is 18.2. The molecule has 0 radical (unpaired) electrons. The molecule has 1 fully saturated rings. The fourth-order valence-electron chi connectivity index (χ4n) is 4.03. The molecule has 5 nitrogen and oxygen atoms in total. The van der Waals surface area contributed by atoms with E-state index in [1.807, 2.05) is 0 Å². The van der Waals surface area contributed by atoms with Crippen molar-refractivity contribution in [3.05, 3.63) is 53.9 Å². The molecule has 0 bridgehead atoms. The van der Waals surface area contributed by atoms with Crippen LogP contribution in [0.4, 0.5) is 5.82 Å². The topological polar surface area (TPSA) is 44.3 Å². The van der Waals surface area contributed by atoms with Gasteiger partial charge in [-0.15, -0.1) is 11.3 Å². The Hall–Kier alpha value is -2.54. The lowest BCUT2D eigenvalue weighted by Gasteiger charge is -2.32. The number of piperazine rings is 1. The summed E-state index contributed by atoms with van der Waals surface area (Å²) < 4.78 is 0. The lowest BCUT2D eigenvalue weighted by atomic mass is 10.1. The van der Waals surface area contributed by atoms with Gasteiger partial charge in [0.15, 0.2) is 5.82 Å². The Kier molecular flexibility index (Phi) is 5.62. The summed E-state index contributed by atoms with van der Waals surface area (Å²) in [6.07, 6.45) is 1.10. The van der Waals surface area contributed by atoms with Crippen LogP contribution in [0.25, 0.3) is 32.4 Å². The lowest BCUT2D eigenvalue weighted by Crippen LogP contribution is -2.44. The number of anilines is 1. The molecule has 0 aliphatic carbocycles. The normalized spacial score (nSPS) is 15.8. The Balaban J connectivity index is 1.38. The van der Waals surface area contributed by atoms with Crippen molar-refractivity contribution < 1.29 is 0 Å². The van der Waals surface area contributed by atoms with Gasteiger partial charge in [-0.05, 0) is 54.4 Å². The maximum absolute atomic E-state index is 5.01. The number of nitrogens with zero attached hydrogens (tertiary/aromatic N) is 4. The summed E-state index contributed by atoms with van der Waals surface area (Å²) in [5.41, 5.74) is 2.84. The highest BCUT2D eigenvalue weighted by Crippen LogP contribution is 2.31. The first kappa shape index (κ1) is 19.4. The van der Waals surface area contributed by atoms with Gasteiger partial charge in [-0.1, -0.05) is 30.3 Å². The van der Waals surface area contributed by atoms with Crippen LogP contribution < -0.4 is 5.32 Å². The van der Waals surface area contributed by atoms with Crippen LogP contribution >= 0.6 is 11.3 Å². The summed E-state index contributed by atoms with van der Waals surface area (Å²) in [4.78, 5) is 16.1. The van der Waals surface area contributed by atoms with E-state index in [1.165, 1.54) is 37.0 Å². The van der Waals surface area contributed by atoms with Crippen molar-refractivity contribution in [1.82, 2.24) is 19.8 Å². The third kappa shape index (κ3) is 4.17. The molecule has 6 heteroatoms. The first-order valence-corrected chi connectivity index (χ1v) is 11.5. The summed E-state index contributed by atoms with van der Waals surface area (Å²) in [7, 11) is 2.20. The van der Waals surface area contributed by atoms with Gasteiger partial charge in [0.05, 0.1) is 15.9 Å². The van der Waals surface area contributed by atoms with Crippen LogP contribution in [0.3, 0.4) is 0 Å². The number of benzene rings is 2. The van der Waals surface area contributed by atoms with Crippen molar-refractivity contribution in [3.63, 3.8) is 0 Å². The highest BCUT2D eigenvalue weighted by Gasteiger charge is 2.15. The van der Waals surface area contributed by atoms with Crippen molar-refractivity contribution in [1.29, 1.82) is 0 Å². The van der Waals surface area contributed by atoms with Gasteiger partial charge in [0, 0.05) is 32.7 Å². The number of hydrogen-bond donors (Lipinski definition) is 1. The SMILES string of the molecule is CN1CCN(CCCNc2nc3cc4ccccc4cc3nc2-c2cccs2)CC1. The average Bonchev–Trinajstić information content (AvgIpc) is 3.31. The quantitative estimate of drug-likeness (QED) is 0.368. The van der Waals surface area contributed by atoms with Crippen molar-refractivity contribution in [2.75, 3.05) is 51.6 Å². The van der Waals surface area contributed by atoms with Gasteiger partial charge in [0.25, 0.3) is 0 Å². The second-order valence-electron chi connectivity index (χ2n) is 8.01. The molecule has 154 valence electrons. The smallest absolute Gasteiger partial charge is 0.154 e. The summed E-state index contributed by atoms with van der Waals surface area (Å²) >= 11 is 1.71. The Morgan fingerprint density at radius 1 is 0.933 bits per heavy atom. The highest BCUT2D eigenvalue weighted by molar-refractivity contribution is 7.13. The van der Waals surface area contributed by atoms with Crippen molar-refractivity contribution >= 4 is 39.0 Å². The van der Waals surface area contributed by atoms with E-state index >= 15 is 0 Å². The molecule has 0 spiro atoms. The third-order valence-electron chi connectivity index (χ3n) is 5.83. The molecular formula is C24H27N5S. The molecule has 3 heterocycles. The number of hydrogen-bond acceptors (Lipinski definition) is 6. The van der Waals surface area contributed by atoms with Gasteiger partial charge in [-0.3, -0.25) is 0 Å². The Bertz CT molecular complexity index is 1130. The summed E-state index contributed by atoms with van der Waals surface area (Å²) in [5, 5.41) is 8.08. The maximum Gasteiger partial charge on any atom is 0.154 e. The maximum atomic E-state index is 5.01. The van der Waals surface area contributed by atoms with Crippen LogP contribution in [0.15, 0.2) is 53.9 Å². The average molecular weight is 418 g/mol. The molecule has 2 aromatic heterocycles. The van der Waals surface area contributed by atoms with Crippen LogP contribution in [0, 0.1) is 0 Å². The summed E-state index contributed by atoms with van der Waals surface area (Å²) in [6.45, 7) is 6.69. The lowest BCUT2D eigenvalue weighted by molar-refractivity contribution is 0.154. The number of rotatable bonds is 6. The fraction of sp³-hybridized carbons (Fsp3) is 0.333. The van der Waals surface area contributed by atoms with Gasteiger partial charge < -0.3 is 15.1 Å². The molecule has 0 saturated carbocycles. The van der Waals surface area contributed by atoms with E-state index in [1.54, 1.807) is 11.3 Å². The molecule has 30 heavy (non-hydrogen) atoms. The summed E-state index contributed by atoms with van der Waals surface area (Å²) in [6, 6.07) is 16.9. The van der Waals surface area contributed by atoms with E-state index in [4.69, 9.17) is 9.97 Å². The molecule has 1 aliphatic heterocycles. The van der Waals surface area contributed by atoms with Crippen LogP contribution in [0.2, 0.25) is 0 Å². The molecule has 1 N–H and O–H groups in total. The number of likely N-dealkylation sites (N-methyl/N-ethyl adjacent to an activating group) is 1. The Morgan fingerprint density at radius 2 is 1.67 bits per heavy atom. The van der Waals surface area contributed by atoms with Crippen molar-refractivity contribution in [2.45, 2.75) is 6.42 Å². The van der Waals surface area contributed by atoms with E-state index < -0.39 is 0 Å². The van der Waals surface area contributed by atoms with E-state index in [2.05, 4.69) is 76.1 Å². The minimum absolute atomic E-state index is 0.888. The first-order chi connectivity index (χ1) is 14.8. The minimum Gasteiger partial charge on any atom is -0.368 e. The zero-order chi connectivity index (χ0) is 20.3. The number of thiophene rings is 1. The second-order valence-corrected chi connectivity index (χ2v) is 8.96. The van der Waals surface area contributed by atoms with Crippen LogP contribution in [-0.2, 0) is 0 Å². The monoisotopic (exact) mass is 417 g/mol. The van der Waals surface area contributed by atoms with Crippen LogP contribution in [0.5, 0.6) is 0 Å². The standard InChI is InChI=1S/C24H27N5S/c1-28-11-13-29(14-12-28)10-5-9-25-24-23(22-8-4-15-30-22)26-20-16-18-6-2-3-7-19(18)17-21(20)27-24/h2-4,6-8,15-17H,5,9-14H2,1H3,(H,25,27). The number of nitrogens with one attached hydrogen (secondary N) is 1. The predicted octanol–water partition coefficient (Wildman–Crippen LogP) is 4.56. The van der Waals surface area contributed by atoms with Gasteiger partial charge in [-0.25, -0.2) is 9.97 Å². The molecule has 5 rings (SSSR count). The van der Waals surface area contributed by atoms with E-state index in [9.17, 15) is 0 Å². The zero-order valence-electron chi connectivity index (χ0n) is 17.3. The summed E-state index contributed by atoms with van der Waals surface area (Å²) in [5.74, 6) is 0.888. The van der Waals surface area contributed by atoms with Gasteiger partial charge in [0.1, 0.15) is 5.69 Å². The van der Waals surface area contributed by atoms with E-state index in [0.717, 1.165) is 46.9 Å². The van der Waals surface area contributed by atoms with Crippen molar-refractivity contribution in [2.24, 2.45) is 0 Å². The highest BCUT2D eigenvalue weighted by atomic mass is 32.1. The predicted molar refractivity (Wildman–Crippen MR) is 127 cm³/mol. The molecule has 0 atom stereocenters. The third-order valence-corrected chi connectivity index (χ3v) is 6.70. The second kappa shape index (κ2) is 8.68. The Labute approximate surface area is 181 Å². The molecular weight excluding hydrogens is 390 g/mol. The van der Waals surface area contributed by atoms with Crippen molar-refractivity contribution in [3.8, 4) is 10.6 Å². The van der Waals surface area contributed by atoms with E-state index in [0.29, 0.717) is 0 Å². The van der Waals surface area contributed by atoms with E-state index in [-0.39, 0.29) is 0 Å². The number of aromatic nitrogens is 2. The fourth-order valence-corrected chi connectivity index (χ4v) is 4.75. The number of fused-ring (bicyclic) bond motifs is 2. The molecule has 2 aromatic carbocycles. The van der Waals surface area contributed by atoms with Gasteiger partial charge in [-0.2, -0.15) is 0 Å². The van der Waals surface area contributed by atoms with Gasteiger partial charge in [0.2, 0.25) is 0 Å². The Morgan fingerprint density at radius 3 is 2.37 bits per heavy atom. The van der Waals surface area contributed by atoms with Crippen LogP contribution in [-0.4, -0.2) is 66.1 Å². The molecule has 1 aliphatic rings. The molecule has 0 amide bonds. The minimum atomic E-state index is 0.888. The van der Waals surface area contributed by atoms with Crippen LogP contribution in [0.1, 0.15) is 6.42 Å². The first-order valence-electron chi connectivity index (χ1n) is 10.7. The van der Waals surface area contributed by atoms with Gasteiger partial charge >= 0.3 is 0 Å². The molecule has 4 aromatic rings.